The van der Waals surface area contributed by atoms with Gasteiger partial charge >= 0.3 is 4.71 Å². The molecule has 13 nitrogen and oxygen atoms in total. The summed E-state index contributed by atoms with van der Waals surface area (Å²) in [7, 11) is -10.6. The molecule has 0 N–H and O–H groups in total. The van der Waals surface area contributed by atoms with Gasteiger partial charge < -0.3 is 0 Å². The molecular formula is C15H13N3O10S2. The number of benzene rings is 2. The van der Waals surface area contributed by atoms with Crippen LogP contribution in [-0.2, 0) is 19.7 Å². The molecule has 0 aliphatic heterocycles. The van der Waals surface area contributed by atoms with Crippen LogP contribution in [0.4, 0.5) is 11.4 Å². The van der Waals surface area contributed by atoms with E-state index in [-0.39, 0.29) is 11.1 Å². The first-order valence-electron chi connectivity index (χ1n) is 7.82. The third kappa shape index (κ3) is 3.97. The predicted octanol–water partition coefficient (Wildman–Crippen LogP) is 1.93. The van der Waals surface area contributed by atoms with Crippen LogP contribution >= 0.6 is 0 Å². The number of rotatable bonds is 7. The van der Waals surface area contributed by atoms with Crippen LogP contribution < -0.4 is 0 Å². The number of sulfone groups is 2. The van der Waals surface area contributed by atoms with Gasteiger partial charge in [-0.05, 0) is 26.0 Å². The standard InChI is InChI=1S/C15H13N3O10S2/c1-9-3-5-11(7-13(9)16(19)20)29(25,26)15(18(23)24)30(27,28)12-6-4-10(2)14(8-12)17(21)22/h3-8,15H,1-2H3. The van der Waals surface area contributed by atoms with E-state index in [2.05, 4.69) is 0 Å². The van der Waals surface area contributed by atoms with E-state index in [0.29, 0.717) is 12.1 Å². The van der Waals surface area contributed by atoms with Gasteiger partial charge in [0.1, 0.15) is 0 Å². The molecule has 2 rings (SSSR count). The lowest BCUT2D eigenvalue weighted by Gasteiger charge is -2.12. The average molecular weight is 459 g/mol. The molecule has 15 heteroatoms. The van der Waals surface area contributed by atoms with Crippen LogP contribution in [0.1, 0.15) is 11.1 Å². The molecule has 0 aliphatic rings. The van der Waals surface area contributed by atoms with Crippen LogP contribution in [0.3, 0.4) is 0 Å². The zero-order chi connectivity index (χ0) is 23.0. The van der Waals surface area contributed by atoms with Crippen molar-refractivity contribution in [3.63, 3.8) is 0 Å². The predicted molar refractivity (Wildman–Crippen MR) is 101 cm³/mol. The van der Waals surface area contributed by atoms with Crippen LogP contribution in [0.5, 0.6) is 0 Å². The zero-order valence-corrected chi connectivity index (χ0v) is 16.9. The maximum atomic E-state index is 12.8. The van der Waals surface area contributed by atoms with Crippen molar-refractivity contribution in [1.29, 1.82) is 0 Å². The van der Waals surface area contributed by atoms with Crippen molar-refractivity contribution >= 4 is 31.0 Å². The fraction of sp³-hybridized carbons (Fsp3) is 0.200. The van der Waals surface area contributed by atoms with Crippen LogP contribution in [0.15, 0.2) is 46.2 Å². The summed E-state index contributed by atoms with van der Waals surface area (Å²) >= 11 is 0. The Hall–Kier alpha value is -3.46. The van der Waals surface area contributed by atoms with Gasteiger partial charge in [-0.3, -0.25) is 30.3 Å². The summed E-state index contributed by atoms with van der Waals surface area (Å²) in [6.07, 6.45) is 0. The zero-order valence-electron chi connectivity index (χ0n) is 15.3. The van der Waals surface area contributed by atoms with E-state index < -0.39 is 60.3 Å². The summed E-state index contributed by atoms with van der Waals surface area (Å²) < 4.78 is 47.9. The van der Waals surface area contributed by atoms with Gasteiger partial charge in [0.2, 0.25) is 0 Å². The maximum absolute atomic E-state index is 12.8. The van der Waals surface area contributed by atoms with Crippen LogP contribution in [-0.4, -0.2) is 36.3 Å². The van der Waals surface area contributed by atoms with Crippen molar-refractivity contribution in [2.24, 2.45) is 0 Å². The number of aryl methyl sites for hydroxylation is 2. The molecule has 0 bridgehead atoms. The molecule has 0 amide bonds. The van der Waals surface area contributed by atoms with Gasteiger partial charge in [-0.1, -0.05) is 12.1 Å². The first-order valence-corrected chi connectivity index (χ1v) is 10.9. The van der Waals surface area contributed by atoms with E-state index in [1.54, 1.807) is 0 Å². The minimum atomic E-state index is -5.28. The Morgan fingerprint density at radius 2 is 1.03 bits per heavy atom. The highest BCUT2D eigenvalue weighted by molar-refractivity contribution is 8.08. The summed E-state index contributed by atoms with van der Waals surface area (Å²) in [4.78, 5) is 28.3. The lowest BCUT2D eigenvalue weighted by Crippen LogP contribution is -2.37. The van der Waals surface area contributed by atoms with Gasteiger partial charge in [0.15, 0.2) is 0 Å². The molecule has 30 heavy (non-hydrogen) atoms. The molecule has 0 fully saturated rings. The van der Waals surface area contributed by atoms with E-state index in [4.69, 9.17) is 0 Å². The average Bonchev–Trinajstić information content (AvgIpc) is 2.60. The molecule has 0 aromatic heterocycles. The maximum Gasteiger partial charge on any atom is 0.415 e. The number of hydrogen-bond acceptors (Lipinski definition) is 10. The molecule has 0 heterocycles. The first kappa shape index (κ1) is 22.8. The molecule has 2 aromatic carbocycles. The Bertz CT molecular complexity index is 1190. The van der Waals surface area contributed by atoms with Crippen molar-refractivity contribution in [3.05, 3.63) is 77.9 Å². The van der Waals surface area contributed by atoms with Crippen LogP contribution in [0, 0.1) is 44.2 Å². The van der Waals surface area contributed by atoms with E-state index in [0.717, 1.165) is 24.3 Å². The molecule has 0 atom stereocenters. The molecule has 0 spiro atoms. The summed E-state index contributed by atoms with van der Waals surface area (Å²) in [6, 6.07) is 4.67. The third-order valence-electron chi connectivity index (χ3n) is 4.11. The number of nitrogens with zero attached hydrogens (tertiary/aromatic N) is 3. The second kappa shape index (κ2) is 7.75. The van der Waals surface area contributed by atoms with E-state index >= 15 is 0 Å². The van der Waals surface area contributed by atoms with Crippen LogP contribution in [0.25, 0.3) is 0 Å². The van der Waals surface area contributed by atoms with Gasteiger partial charge in [0.05, 0.1) is 24.6 Å². The summed E-state index contributed by atoms with van der Waals surface area (Å²) in [6.45, 7) is 2.59. The highest BCUT2D eigenvalue weighted by Gasteiger charge is 2.50. The summed E-state index contributed by atoms with van der Waals surface area (Å²) in [5.41, 5.74) is -1.26. The molecule has 2 aromatic rings. The molecule has 0 radical (unpaired) electrons. The van der Waals surface area contributed by atoms with Crippen molar-refractivity contribution in [3.8, 4) is 0 Å². The smallest absolute Gasteiger partial charge is 0.262 e. The number of nitro groups is 3. The van der Waals surface area contributed by atoms with E-state index in [9.17, 15) is 47.2 Å². The van der Waals surface area contributed by atoms with Crippen molar-refractivity contribution in [2.45, 2.75) is 28.3 Å². The molecule has 0 saturated heterocycles. The molecule has 0 saturated carbocycles. The van der Waals surface area contributed by atoms with Crippen LogP contribution in [0.2, 0.25) is 0 Å². The van der Waals surface area contributed by atoms with Crippen molar-refractivity contribution in [1.82, 2.24) is 0 Å². The molecule has 0 aliphatic carbocycles. The Labute approximate surface area is 169 Å². The van der Waals surface area contributed by atoms with E-state index in [1.165, 1.54) is 13.8 Å². The van der Waals surface area contributed by atoms with Gasteiger partial charge in [-0.2, -0.15) is 0 Å². The van der Waals surface area contributed by atoms with Gasteiger partial charge in [-0.15, -0.1) is 0 Å². The number of nitro benzene ring substituents is 2. The largest absolute Gasteiger partial charge is 0.415 e. The Morgan fingerprint density at radius 1 is 0.700 bits per heavy atom. The summed E-state index contributed by atoms with van der Waals surface area (Å²) in [5.74, 6) is 0. The topological polar surface area (TPSA) is 198 Å². The minimum Gasteiger partial charge on any atom is -0.262 e. The molecule has 160 valence electrons. The summed E-state index contributed by atoms with van der Waals surface area (Å²) in [5, 5.41) is 33.6. The second-order valence-corrected chi connectivity index (χ2v) is 10.4. The Balaban J connectivity index is 2.74. The van der Waals surface area contributed by atoms with Gasteiger partial charge in [0, 0.05) is 23.3 Å². The lowest BCUT2D eigenvalue weighted by atomic mass is 10.2. The molecular weight excluding hydrogens is 446 g/mol. The highest BCUT2D eigenvalue weighted by Crippen LogP contribution is 2.31. The van der Waals surface area contributed by atoms with Crippen molar-refractivity contribution < 1.29 is 31.6 Å². The second-order valence-electron chi connectivity index (χ2n) is 6.09. The quantitative estimate of drug-likeness (QED) is 0.435. The normalized spacial score (nSPS) is 12.0. The molecule has 0 unspecified atom stereocenters. The number of hydrogen-bond donors (Lipinski definition) is 0. The Morgan fingerprint density at radius 3 is 1.30 bits per heavy atom. The van der Waals surface area contributed by atoms with Gasteiger partial charge in [0.25, 0.3) is 31.0 Å². The monoisotopic (exact) mass is 459 g/mol. The van der Waals surface area contributed by atoms with Crippen molar-refractivity contribution in [2.75, 3.05) is 0 Å². The highest BCUT2D eigenvalue weighted by atomic mass is 32.3. The minimum absolute atomic E-state index is 0.0496. The lowest BCUT2D eigenvalue weighted by molar-refractivity contribution is -0.474. The fourth-order valence-corrected chi connectivity index (χ4v) is 6.54. The third-order valence-corrected chi connectivity index (χ3v) is 8.86. The Kier molecular flexibility index (Phi) is 5.90. The van der Waals surface area contributed by atoms with E-state index in [1.807, 2.05) is 0 Å². The SMILES string of the molecule is Cc1ccc(S(=O)(=O)C([N+](=O)[O-])S(=O)(=O)c2ccc(C)c([N+](=O)[O-])c2)cc1[N+](=O)[O-]. The first-order chi connectivity index (χ1) is 13.7. The fourth-order valence-electron chi connectivity index (χ4n) is 2.55. The van der Waals surface area contributed by atoms with Gasteiger partial charge in [-0.25, -0.2) is 16.8 Å².